The molecule has 4 heteroatoms. The smallest absolute Gasteiger partial charge is 0.338 e. The van der Waals surface area contributed by atoms with Crippen molar-refractivity contribution in [2.24, 2.45) is 0 Å². The number of carbonyl (C=O) groups is 1. The molecule has 1 N–H and O–H groups in total. The van der Waals surface area contributed by atoms with Crippen LogP contribution >= 0.6 is 0 Å². The van der Waals surface area contributed by atoms with Gasteiger partial charge in [0.2, 0.25) is 0 Å². The lowest BCUT2D eigenvalue weighted by Crippen LogP contribution is -2.44. The fourth-order valence-electron chi connectivity index (χ4n) is 3.30. The van der Waals surface area contributed by atoms with Gasteiger partial charge in [-0.2, -0.15) is 0 Å². The lowest BCUT2D eigenvalue weighted by Gasteiger charge is -2.34. The first-order valence-electron chi connectivity index (χ1n) is 6.81. The number of fused-ring (bicyclic) bond motifs is 2. The van der Waals surface area contributed by atoms with Crippen molar-refractivity contribution in [2.75, 3.05) is 7.05 Å². The molecular formula is C15H19NO3. The van der Waals surface area contributed by atoms with Gasteiger partial charge in [0.1, 0.15) is 6.10 Å². The van der Waals surface area contributed by atoms with Crippen LogP contribution in [0.5, 0.6) is 0 Å². The molecular weight excluding hydrogens is 242 g/mol. The largest absolute Gasteiger partial charge is 0.457 e. The first-order chi connectivity index (χ1) is 9.15. The number of piperidine rings is 1. The average molecular weight is 261 g/mol. The van der Waals surface area contributed by atoms with Gasteiger partial charge in [-0.3, -0.25) is 4.90 Å². The van der Waals surface area contributed by atoms with Crippen LogP contribution in [0.1, 0.15) is 29.6 Å². The highest BCUT2D eigenvalue weighted by Crippen LogP contribution is 2.36. The van der Waals surface area contributed by atoms with Gasteiger partial charge in [-0.25, -0.2) is 4.79 Å². The minimum Gasteiger partial charge on any atom is -0.457 e. The standard InChI is InChI=1S/C15H19NO3/c1-16-11-7-12(17)9-13(16)14(8-11)19-15(18)10-5-3-2-4-6-10/h2-6,11-14,17H,7-9H2,1H3/t11-,12-,13+,14-/m1/s1. The Morgan fingerprint density at radius 3 is 2.74 bits per heavy atom. The molecule has 0 saturated carbocycles. The second-order valence-electron chi connectivity index (χ2n) is 5.56. The fourth-order valence-corrected chi connectivity index (χ4v) is 3.30. The van der Waals surface area contributed by atoms with Crippen LogP contribution in [0.25, 0.3) is 0 Å². The number of rotatable bonds is 2. The van der Waals surface area contributed by atoms with Gasteiger partial charge in [0.25, 0.3) is 0 Å². The number of benzene rings is 1. The summed E-state index contributed by atoms with van der Waals surface area (Å²) in [6.45, 7) is 0. The lowest BCUT2D eigenvalue weighted by atomic mass is 10.0. The van der Waals surface area contributed by atoms with Crippen molar-refractivity contribution in [3.63, 3.8) is 0 Å². The maximum absolute atomic E-state index is 12.1. The Kier molecular flexibility index (Phi) is 3.29. The predicted octanol–water partition coefficient (Wildman–Crippen LogP) is 1.44. The number of carbonyl (C=O) groups excluding carboxylic acids is 1. The van der Waals surface area contributed by atoms with E-state index < -0.39 is 0 Å². The van der Waals surface area contributed by atoms with Gasteiger partial charge < -0.3 is 9.84 Å². The molecule has 0 aromatic heterocycles. The normalized spacial score (nSPS) is 34.2. The van der Waals surface area contributed by atoms with Crippen molar-refractivity contribution in [3.8, 4) is 0 Å². The Morgan fingerprint density at radius 1 is 1.26 bits per heavy atom. The van der Waals surface area contributed by atoms with Gasteiger partial charge in [0.05, 0.1) is 11.7 Å². The van der Waals surface area contributed by atoms with Gasteiger partial charge in [-0.15, -0.1) is 0 Å². The first kappa shape index (κ1) is 12.6. The van der Waals surface area contributed by atoms with E-state index in [-0.39, 0.29) is 24.2 Å². The highest BCUT2D eigenvalue weighted by Gasteiger charge is 2.46. The number of aliphatic hydroxyl groups is 1. The molecule has 2 heterocycles. The Morgan fingerprint density at radius 2 is 2.00 bits per heavy atom. The molecule has 2 bridgehead atoms. The van der Waals surface area contributed by atoms with Crippen molar-refractivity contribution in [2.45, 2.75) is 43.6 Å². The number of hydrogen-bond donors (Lipinski definition) is 1. The molecule has 4 atom stereocenters. The minimum atomic E-state index is -0.263. The van der Waals surface area contributed by atoms with Gasteiger partial charge >= 0.3 is 5.97 Å². The number of likely N-dealkylation sites (N-methyl/N-ethyl adjacent to an activating group) is 1. The molecule has 102 valence electrons. The average Bonchev–Trinajstić information content (AvgIpc) is 2.60. The van der Waals surface area contributed by atoms with E-state index in [0.717, 1.165) is 12.8 Å². The zero-order valence-electron chi connectivity index (χ0n) is 11.0. The van der Waals surface area contributed by atoms with Crippen LogP contribution in [-0.2, 0) is 4.74 Å². The van der Waals surface area contributed by atoms with Crippen LogP contribution in [0.15, 0.2) is 30.3 Å². The summed E-state index contributed by atoms with van der Waals surface area (Å²) in [5, 5.41) is 9.81. The number of ether oxygens (including phenoxy) is 1. The molecule has 2 aliphatic rings. The molecule has 2 saturated heterocycles. The third-order valence-corrected chi connectivity index (χ3v) is 4.36. The molecule has 0 unspecified atom stereocenters. The molecule has 1 aromatic rings. The summed E-state index contributed by atoms with van der Waals surface area (Å²) >= 11 is 0. The molecule has 3 rings (SSSR count). The van der Waals surface area contributed by atoms with Crippen LogP contribution in [0.4, 0.5) is 0 Å². The van der Waals surface area contributed by atoms with Gasteiger partial charge in [-0.05, 0) is 32.0 Å². The summed E-state index contributed by atoms with van der Waals surface area (Å²) < 4.78 is 5.64. The summed E-state index contributed by atoms with van der Waals surface area (Å²) in [4.78, 5) is 14.3. The van der Waals surface area contributed by atoms with E-state index in [1.54, 1.807) is 12.1 Å². The number of nitrogens with zero attached hydrogens (tertiary/aromatic N) is 1. The molecule has 19 heavy (non-hydrogen) atoms. The Hall–Kier alpha value is -1.39. The van der Waals surface area contributed by atoms with Crippen molar-refractivity contribution in [1.82, 2.24) is 4.90 Å². The highest BCUT2D eigenvalue weighted by molar-refractivity contribution is 5.89. The molecule has 0 aliphatic carbocycles. The quantitative estimate of drug-likeness (QED) is 0.818. The van der Waals surface area contributed by atoms with Crippen molar-refractivity contribution in [3.05, 3.63) is 35.9 Å². The van der Waals surface area contributed by atoms with Crippen LogP contribution in [-0.4, -0.2) is 47.3 Å². The Balaban J connectivity index is 1.70. The maximum Gasteiger partial charge on any atom is 0.338 e. The van der Waals surface area contributed by atoms with Crippen LogP contribution in [0.2, 0.25) is 0 Å². The minimum absolute atomic E-state index is 0.0974. The lowest BCUT2D eigenvalue weighted by molar-refractivity contribution is 0.00336. The van der Waals surface area contributed by atoms with Gasteiger partial charge in [0.15, 0.2) is 0 Å². The first-order valence-corrected chi connectivity index (χ1v) is 6.81. The molecule has 0 spiro atoms. The zero-order chi connectivity index (χ0) is 13.4. The fraction of sp³-hybridized carbons (Fsp3) is 0.533. The van der Waals surface area contributed by atoms with Crippen molar-refractivity contribution in [1.29, 1.82) is 0 Å². The van der Waals surface area contributed by atoms with Gasteiger partial charge in [-0.1, -0.05) is 18.2 Å². The third kappa shape index (κ3) is 2.38. The molecule has 1 aromatic carbocycles. The Labute approximate surface area is 113 Å². The predicted molar refractivity (Wildman–Crippen MR) is 70.8 cm³/mol. The van der Waals surface area contributed by atoms with Crippen molar-refractivity contribution >= 4 is 5.97 Å². The number of esters is 1. The van der Waals surface area contributed by atoms with Crippen LogP contribution in [0.3, 0.4) is 0 Å². The van der Waals surface area contributed by atoms with Crippen LogP contribution in [0, 0.1) is 0 Å². The van der Waals surface area contributed by atoms with Crippen LogP contribution < -0.4 is 0 Å². The summed E-state index contributed by atoms with van der Waals surface area (Å²) in [5.74, 6) is -0.263. The summed E-state index contributed by atoms with van der Waals surface area (Å²) in [6, 6.07) is 9.57. The monoisotopic (exact) mass is 261 g/mol. The molecule has 0 amide bonds. The van der Waals surface area contributed by atoms with E-state index >= 15 is 0 Å². The van der Waals surface area contributed by atoms with E-state index in [1.807, 2.05) is 18.2 Å². The van der Waals surface area contributed by atoms with E-state index in [4.69, 9.17) is 4.74 Å². The molecule has 2 aliphatic heterocycles. The van der Waals surface area contributed by atoms with Crippen molar-refractivity contribution < 1.29 is 14.6 Å². The van der Waals surface area contributed by atoms with E-state index in [2.05, 4.69) is 11.9 Å². The zero-order valence-corrected chi connectivity index (χ0v) is 11.0. The summed E-state index contributed by atoms with van der Waals surface area (Å²) in [5.41, 5.74) is 0.590. The summed E-state index contributed by atoms with van der Waals surface area (Å²) in [7, 11) is 2.05. The molecule has 2 fully saturated rings. The van der Waals surface area contributed by atoms with E-state index in [0.29, 0.717) is 18.0 Å². The van der Waals surface area contributed by atoms with E-state index in [1.165, 1.54) is 0 Å². The topological polar surface area (TPSA) is 49.8 Å². The Bertz CT molecular complexity index is 462. The third-order valence-electron chi connectivity index (χ3n) is 4.36. The summed E-state index contributed by atoms with van der Waals surface area (Å²) in [6.07, 6.45) is 1.95. The maximum atomic E-state index is 12.1. The van der Waals surface area contributed by atoms with E-state index in [9.17, 15) is 9.90 Å². The van der Waals surface area contributed by atoms with Gasteiger partial charge in [0, 0.05) is 18.5 Å². The number of hydrogen-bond acceptors (Lipinski definition) is 4. The molecule has 0 radical (unpaired) electrons. The second-order valence-corrected chi connectivity index (χ2v) is 5.56. The SMILES string of the molecule is CN1[C@@H]2C[C@@H](O)C[C@H]1[C@H](OC(=O)c1ccccc1)C2. The molecule has 4 nitrogen and oxygen atoms in total. The second kappa shape index (κ2) is 4.94. The highest BCUT2D eigenvalue weighted by atomic mass is 16.5. The number of aliphatic hydroxyl groups excluding tert-OH is 1.